The predicted molar refractivity (Wildman–Crippen MR) is 81.4 cm³/mol. The van der Waals surface area contributed by atoms with E-state index in [-0.39, 0.29) is 6.10 Å². The number of fused-ring (bicyclic) bond motifs is 1. The molecule has 1 heterocycles. The molecule has 0 spiro atoms. The Bertz CT molecular complexity index is 545. The van der Waals surface area contributed by atoms with Gasteiger partial charge in [0, 0.05) is 23.0 Å². The van der Waals surface area contributed by atoms with Gasteiger partial charge in [0.05, 0.1) is 11.6 Å². The lowest BCUT2D eigenvalue weighted by atomic mass is 10.2. The number of hydrogen-bond acceptors (Lipinski definition) is 4. The lowest BCUT2D eigenvalue weighted by Gasteiger charge is -2.10. The highest BCUT2D eigenvalue weighted by Crippen LogP contribution is 2.23. The van der Waals surface area contributed by atoms with Crippen molar-refractivity contribution in [1.82, 2.24) is 9.97 Å². The summed E-state index contributed by atoms with van der Waals surface area (Å²) in [5, 5.41) is 4.37. The van der Waals surface area contributed by atoms with E-state index in [9.17, 15) is 0 Å². The van der Waals surface area contributed by atoms with Crippen LogP contribution in [-0.2, 0) is 4.74 Å². The second kappa shape index (κ2) is 6.82. The average Bonchev–Trinajstić information content (AvgIpc) is 2.38. The van der Waals surface area contributed by atoms with Crippen molar-refractivity contribution >= 4 is 32.7 Å². The fourth-order valence-corrected chi connectivity index (χ4v) is 2.13. The molecule has 1 aromatic carbocycles. The first-order valence-electron chi connectivity index (χ1n) is 6.42. The first kappa shape index (κ1) is 14.2. The number of anilines is 1. The Kier molecular flexibility index (Phi) is 5.10. The van der Waals surface area contributed by atoms with Crippen LogP contribution >= 0.6 is 15.9 Å². The molecule has 0 aliphatic heterocycles. The monoisotopic (exact) mass is 323 g/mol. The van der Waals surface area contributed by atoms with Crippen LogP contribution in [0.25, 0.3) is 10.9 Å². The van der Waals surface area contributed by atoms with Gasteiger partial charge < -0.3 is 10.1 Å². The van der Waals surface area contributed by atoms with Crippen LogP contribution in [0.1, 0.15) is 20.3 Å². The Labute approximate surface area is 121 Å². The molecule has 0 radical (unpaired) electrons. The summed E-state index contributed by atoms with van der Waals surface area (Å²) in [4.78, 5) is 8.55. The molecule has 2 rings (SSSR count). The average molecular weight is 324 g/mol. The molecule has 1 N–H and O–H groups in total. The van der Waals surface area contributed by atoms with E-state index >= 15 is 0 Å². The largest absolute Gasteiger partial charge is 0.379 e. The molecule has 0 saturated heterocycles. The number of halogens is 1. The van der Waals surface area contributed by atoms with Crippen molar-refractivity contribution in [1.29, 1.82) is 0 Å². The topological polar surface area (TPSA) is 47.0 Å². The van der Waals surface area contributed by atoms with E-state index in [2.05, 4.69) is 31.2 Å². The summed E-state index contributed by atoms with van der Waals surface area (Å²) in [5.41, 5.74) is 0.944. The van der Waals surface area contributed by atoms with Crippen molar-refractivity contribution in [3.8, 4) is 0 Å². The van der Waals surface area contributed by atoms with Gasteiger partial charge in [-0.15, -0.1) is 0 Å². The van der Waals surface area contributed by atoms with Crippen molar-refractivity contribution < 1.29 is 4.74 Å². The summed E-state index contributed by atoms with van der Waals surface area (Å²) in [7, 11) is 0. The molecule has 0 fully saturated rings. The minimum Gasteiger partial charge on any atom is -0.379 e. The van der Waals surface area contributed by atoms with Crippen LogP contribution in [0, 0.1) is 0 Å². The van der Waals surface area contributed by atoms with Crippen LogP contribution < -0.4 is 5.32 Å². The molecule has 0 unspecified atom stereocenters. The maximum Gasteiger partial charge on any atom is 0.137 e. The van der Waals surface area contributed by atoms with Gasteiger partial charge in [-0.1, -0.05) is 15.9 Å². The van der Waals surface area contributed by atoms with Crippen LogP contribution in [0.5, 0.6) is 0 Å². The van der Waals surface area contributed by atoms with Crippen molar-refractivity contribution in [2.75, 3.05) is 18.5 Å². The van der Waals surface area contributed by atoms with Gasteiger partial charge in [0.25, 0.3) is 0 Å². The van der Waals surface area contributed by atoms with Crippen LogP contribution in [0.3, 0.4) is 0 Å². The summed E-state index contributed by atoms with van der Waals surface area (Å²) < 4.78 is 6.53. The van der Waals surface area contributed by atoms with Gasteiger partial charge >= 0.3 is 0 Å². The van der Waals surface area contributed by atoms with Gasteiger partial charge in [-0.05, 0) is 38.5 Å². The van der Waals surface area contributed by atoms with Gasteiger partial charge in [0.15, 0.2) is 0 Å². The van der Waals surface area contributed by atoms with E-state index < -0.39 is 0 Å². The highest BCUT2D eigenvalue weighted by molar-refractivity contribution is 9.10. The van der Waals surface area contributed by atoms with E-state index in [1.165, 1.54) is 0 Å². The molecule has 19 heavy (non-hydrogen) atoms. The quantitative estimate of drug-likeness (QED) is 0.825. The van der Waals surface area contributed by atoms with Gasteiger partial charge in [0.1, 0.15) is 12.1 Å². The van der Waals surface area contributed by atoms with E-state index in [4.69, 9.17) is 4.74 Å². The highest BCUT2D eigenvalue weighted by atomic mass is 79.9. The molecule has 0 amide bonds. The molecule has 0 atom stereocenters. The maximum absolute atomic E-state index is 5.51. The van der Waals surface area contributed by atoms with E-state index in [0.717, 1.165) is 40.8 Å². The molecule has 2 aromatic rings. The van der Waals surface area contributed by atoms with Crippen molar-refractivity contribution in [2.45, 2.75) is 26.4 Å². The molecule has 4 nitrogen and oxygen atoms in total. The molecular weight excluding hydrogens is 306 g/mol. The smallest absolute Gasteiger partial charge is 0.137 e. The predicted octanol–water partition coefficient (Wildman–Crippen LogP) is 3.62. The van der Waals surface area contributed by atoms with Crippen molar-refractivity contribution in [3.05, 3.63) is 29.0 Å². The van der Waals surface area contributed by atoms with Gasteiger partial charge in [0.2, 0.25) is 0 Å². The normalized spacial score (nSPS) is 11.2. The first-order chi connectivity index (χ1) is 9.16. The zero-order chi connectivity index (χ0) is 13.7. The van der Waals surface area contributed by atoms with Crippen LogP contribution in [0.4, 0.5) is 5.82 Å². The SMILES string of the molecule is CC(C)OCCCNc1ncnc2ccc(Br)cc12. The highest BCUT2D eigenvalue weighted by Gasteiger charge is 2.03. The second-order valence-corrected chi connectivity index (χ2v) is 5.50. The number of hydrogen-bond donors (Lipinski definition) is 1. The molecule has 0 aliphatic rings. The number of benzene rings is 1. The number of aromatic nitrogens is 2. The summed E-state index contributed by atoms with van der Waals surface area (Å²) in [6.07, 6.45) is 2.83. The van der Waals surface area contributed by atoms with Crippen LogP contribution in [0.15, 0.2) is 29.0 Å². The number of nitrogens with zero attached hydrogens (tertiary/aromatic N) is 2. The molecule has 0 saturated carbocycles. The van der Waals surface area contributed by atoms with Crippen LogP contribution in [0.2, 0.25) is 0 Å². The molecule has 1 aromatic heterocycles. The summed E-state index contributed by atoms with van der Waals surface area (Å²) in [6, 6.07) is 5.99. The lowest BCUT2D eigenvalue weighted by Crippen LogP contribution is -2.10. The zero-order valence-electron chi connectivity index (χ0n) is 11.2. The van der Waals surface area contributed by atoms with E-state index in [0.29, 0.717) is 0 Å². The van der Waals surface area contributed by atoms with Gasteiger partial charge in [-0.25, -0.2) is 9.97 Å². The van der Waals surface area contributed by atoms with E-state index in [1.807, 2.05) is 32.0 Å². The van der Waals surface area contributed by atoms with Crippen molar-refractivity contribution in [3.63, 3.8) is 0 Å². The Morgan fingerprint density at radius 1 is 1.32 bits per heavy atom. The Morgan fingerprint density at radius 2 is 2.16 bits per heavy atom. The Hall–Kier alpha value is -1.20. The standard InChI is InChI=1S/C14H18BrN3O/c1-10(2)19-7-3-6-16-14-12-8-11(15)4-5-13(12)17-9-18-14/h4-5,8-10H,3,6-7H2,1-2H3,(H,16,17,18). The minimum absolute atomic E-state index is 0.288. The first-order valence-corrected chi connectivity index (χ1v) is 7.22. The molecule has 0 aliphatic carbocycles. The maximum atomic E-state index is 5.51. The summed E-state index contributed by atoms with van der Waals surface area (Å²) in [5.74, 6) is 0.871. The molecular formula is C14H18BrN3O. The lowest BCUT2D eigenvalue weighted by molar-refractivity contribution is 0.0787. The number of ether oxygens (including phenoxy) is 1. The third kappa shape index (κ3) is 4.14. The molecule has 0 bridgehead atoms. The third-order valence-corrected chi connectivity index (χ3v) is 3.16. The summed E-state index contributed by atoms with van der Waals surface area (Å²) in [6.45, 7) is 5.69. The number of nitrogens with one attached hydrogen (secondary N) is 1. The Balaban J connectivity index is 1.98. The zero-order valence-corrected chi connectivity index (χ0v) is 12.8. The van der Waals surface area contributed by atoms with Crippen molar-refractivity contribution in [2.24, 2.45) is 0 Å². The van der Waals surface area contributed by atoms with Crippen LogP contribution in [-0.4, -0.2) is 29.2 Å². The minimum atomic E-state index is 0.288. The molecule has 102 valence electrons. The fraction of sp³-hybridized carbons (Fsp3) is 0.429. The second-order valence-electron chi connectivity index (χ2n) is 4.58. The number of rotatable bonds is 6. The van der Waals surface area contributed by atoms with Gasteiger partial charge in [-0.2, -0.15) is 0 Å². The Morgan fingerprint density at radius 3 is 2.95 bits per heavy atom. The summed E-state index contributed by atoms with van der Waals surface area (Å²) >= 11 is 3.47. The molecule has 5 heteroatoms. The van der Waals surface area contributed by atoms with E-state index in [1.54, 1.807) is 6.33 Å². The third-order valence-electron chi connectivity index (χ3n) is 2.66. The fourth-order valence-electron chi connectivity index (χ4n) is 1.77. The van der Waals surface area contributed by atoms with Gasteiger partial charge in [-0.3, -0.25) is 0 Å².